The Morgan fingerprint density at radius 3 is 1.06 bits per heavy atom. The third-order valence-electron chi connectivity index (χ3n) is 17.3. The lowest BCUT2D eigenvalue weighted by Crippen LogP contribution is -2.64. The molecule has 0 aromatic carbocycles. The average molecular weight is 1570 g/mol. The van der Waals surface area contributed by atoms with E-state index in [9.17, 15) is 88.6 Å². The molecule has 4 aliphatic rings. The van der Waals surface area contributed by atoms with Crippen molar-refractivity contribution in [3.05, 3.63) is 0 Å². The molecule has 102 heavy (non-hydrogen) atoms. The summed E-state index contributed by atoms with van der Waals surface area (Å²) in [6.45, 7) is 4.02. The molecule has 1 amide bonds. The van der Waals surface area contributed by atoms with Crippen molar-refractivity contribution in [2.45, 2.75) is 229 Å². The molecule has 22 atom stereocenters. The Kier molecular flexibility index (Phi) is 45.3. The summed E-state index contributed by atoms with van der Waals surface area (Å²) in [5.74, 6) is -1.56. The number of carbonyl (C=O) groups is 1. The fourth-order valence-electron chi connectivity index (χ4n) is 11.3. The first-order valence-corrected chi connectivity index (χ1v) is 41.2. The normalized spacial score (nSPS) is 31.6. The molecule has 0 spiro atoms. The molecule has 14 N–H and O–H groups in total. The molecule has 41 heteroatoms. The van der Waals surface area contributed by atoms with Crippen LogP contribution in [0.5, 0.6) is 0 Å². The monoisotopic (exact) mass is 1570 g/mol. The van der Waals surface area contributed by atoms with Crippen molar-refractivity contribution in [1.29, 1.82) is 0 Å². The van der Waals surface area contributed by atoms with Crippen molar-refractivity contribution < 1.29 is 172 Å². The van der Waals surface area contributed by atoms with Crippen LogP contribution in [0.1, 0.15) is 137 Å². The summed E-state index contributed by atoms with van der Waals surface area (Å²) in [5, 5.41) is 92.4. The highest BCUT2D eigenvalue weighted by molar-refractivity contribution is 7.48. The van der Waals surface area contributed by atoms with Gasteiger partial charge in [-0.05, 0) is 77.0 Å². The smallest absolute Gasteiger partial charge is 0.394 e. The van der Waals surface area contributed by atoms with Gasteiger partial charge in [-0.2, -0.15) is 0 Å². The number of phosphoric ester groups is 4. The fourth-order valence-corrected chi connectivity index (χ4v) is 14.5. The fraction of sp³-hybridized carbons (Fsp3) is 0.984. The molecule has 4 rings (SSSR count). The highest BCUT2D eigenvalue weighted by Gasteiger charge is 2.47. The molecule has 0 radical (unpaired) electrons. The second kappa shape index (κ2) is 49.4. The van der Waals surface area contributed by atoms with Gasteiger partial charge in [-0.15, -0.1) is 0 Å². The Morgan fingerprint density at radius 1 is 0.392 bits per heavy atom. The summed E-state index contributed by atoms with van der Waals surface area (Å²) in [7, 11) is -18.4. The number of hydrogen-bond acceptors (Lipinski definition) is 32. The molecule has 4 saturated heterocycles. The second-order valence-electron chi connectivity index (χ2n) is 26.3. The summed E-state index contributed by atoms with van der Waals surface area (Å²) in [6, 6.07) is -1.09. The van der Waals surface area contributed by atoms with E-state index in [0.29, 0.717) is 83.5 Å². The number of hydrogen-bond donors (Lipinski definition) is 14. The molecule has 0 aliphatic carbocycles. The van der Waals surface area contributed by atoms with Crippen LogP contribution in [0.15, 0.2) is 0 Å². The molecular weight excluding hydrogens is 1450 g/mol. The first-order valence-electron chi connectivity index (χ1n) is 35.2. The summed E-state index contributed by atoms with van der Waals surface area (Å²) in [5.41, 5.74) is -1.44. The maximum atomic E-state index is 13.5. The number of aliphatic hydroxyl groups excluding tert-OH is 9. The lowest BCUT2D eigenvalue weighted by molar-refractivity contribution is -0.282. The first-order chi connectivity index (χ1) is 48.4. The molecule has 0 aromatic heterocycles. The summed E-state index contributed by atoms with van der Waals surface area (Å²) in [6.07, 6.45) is -6.92. The summed E-state index contributed by atoms with van der Waals surface area (Å²) < 4.78 is 152. The van der Waals surface area contributed by atoms with Gasteiger partial charge in [0.2, 0.25) is 5.91 Å². The van der Waals surface area contributed by atoms with Gasteiger partial charge in [0.25, 0.3) is 0 Å². The summed E-state index contributed by atoms with van der Waals surface area (Å²) >= 11 is 0. The van der Waals surface area contributed by atoms with Crippen LogP contribution in [-0.4, -0.2) is 296 Å². The van der Waals surface area contributed by atoms with Crippen molar-refractivity contribution in [3.63, 3.8) is 0 Å². The van der Waals surface area contributed by atoms with E-state index in [1.807, 2.05) is 13.8 Å². The van der Waals surface area contributed by atoms with Crippen LogP contribution < -0.4 is 5.32 Å². The van der Waals surface area contributed by atoms with E-state index in [4.69, 9.17) is 83.6 Å². The van der Waals surface area contributed by atoms with Crippen LogP contribution in [0.3, 0.4) is 0 Å². The maximum Gasteiger partial charge on any atom is 0.472 e. The van der Waals surface area contributed by atoms with Crippen LogP contribution in [0.2, 0.25) is 0 Å². The molecule has 4 aliphatic heterocycles. The van der Waals surface area contributed by atoms with Crippen molar-refractivity contribution in [1.82, 2.24) is 5.32 Å². The minimum Gasteiger partial charge on any atom is -0.394 e. The average Bonchev–Trinajstić information content (AvgIpc) is 1.01. The minimum atomic E-state index is -4.83. The van der Waals surface area contributed by atoms with Gasteiger partial charge in [-0.25, -0.2) is 18.3 Å². The molecule has 4 fully saturated rings. The molecule has 37 nitrogen and oxygen atoms in total. The van der Waals surface area contributed by atoms with E-state index in [-0.39, 0.29) is 137 Å². The Balaban J connectivity index is 1.27. The minimum absolute atomic E-state index is 0.00750. The van der Waals surface area contributed by atoms with Crippen molar-refractivity contribution in [2.24, 2.45) is 23.2 Å². The molecule has 0 bridgehead atoms. The molecule has 11 unspecified atom stereocenters. The lowest BCUT2D eigenvalue weighted by atomic mass is 9.92. The number of unbranched alkanes of at least 4 members (excludes halogenated alkanes) is 9. The Bertz CT molecular complexity index is 2370. The Labute approximate surface area is 597 Å². The van der Waals surface area contributed by atoms with Crippen LogP contribution in [0.4, 0.5) is 0 Å². The Morgan fingerprint density at radius 2 is 0.716 bits per heavy atom. The van der Waals surface area contributed by atoms with Crippen molar-refractivity contribution in [2.75, 3.05) is 132 Å². The zero-order valence-electron chi connectivity index (χ0n) is 59.3. The SMILES string of the molecule is CC(=O)NC1[C@H](OCCCCCCOP(=O)(O)OCCCOCC(COCCCOP(=O)(O)OCCCCCCO[C@@H]2OC(CO)[C@H](O)[C@H](O)C2C)(COCCCOP(=O)(O)OCCCCCCO[C@@H]2OC(CO)[C@H](O)[C@H](O)C2C)COP(=O)(O)OC[C@H]2O[C@@H](C)CC2C)OC(CO)[C@H](O)[C@@H]1O. The van der Waals surface area contributed by atoms with Gasteiger partial charge in [0.05, 0.1) is 122 Å². The summed E-state index contributed by atoms with van der Waals surface area (Å²) in [4.78, 5) is 53.9. The zero-order chi connectivity index (χ0) is 75.4. The van der Waals surface area contributed by atoms with E-state index in [1.165, 1.54) is 6.92 Å². The Hall–Kier alpha value is -0.850. The van der Waals surface area contributed by atoms with Gasteiger partial charge in [-0.1, -0.05) is 59.3 Å². The van der Waals surface area contributed by atoms with Gasteiger partial charge >= 0.3 is 31.3 Å². The molecular formula is C61H119NO36P4. The standard InChI is InChI=1S/C61H119NO36P4/c1-42-33-43(2)95-50(42)37-93-102(79,80)94-41-61(38-81-21-18-30-90-99(73,74)87-27-15-9-6-12-24-84-58-44(3)52(67)54(69)47(34-63)96-58,39-82-22-19-31-91-100(75,76)88-28-16-10-7-13-25-85-59-45(4)53(68)55(70)48(35-64)97-59)40-83-23-20-32-92-101(77,78)89-29-17-11-8-14-26-86-60-51(62-46(5)66)57(72)56(71)49(36-65)98-60/h42-45,47-60,63-65,67-72H,6-41H2,1-5H3,(H,62,66)(H,73,74)(H,75,76)(H,77,78)(H,79,80)/t42?,43-,44?,45?,47?,48?,49?,50+,51?,52+,53+,54-,55-,56-,57+,58+,59+,60+,61?/m0/s1. The van der Waals surface area contributed by atoms with E-state index in [1.54, 1.807) is 13.8 Å². The van der Waals surface area contributed by atoms with Gasteiger partial charge in [0, 0.05) is 58.4 Å². The number of rotatable bonds is 58. The van der Waals surface area contributed by atoms with E-state index < -0.39 is 167 Å². The third-order valence-corrected chi connectivity index (χ3v) is 21.3. The maximum absolute atomic E-state index is 13.5. The highest BCUT2D eigenvalue weighted by Crippen LogP contribution is 2.48. The first kappa shape index (κ1) is 93.5. The highest BCUT2D eigenvalue weighted by atomic mass is 31.2. The lowest BCUT2D eigenvalue weighted by Gasteiger charge is -2.42. The van der Waals surface area contributed by atoms with Gasteiger partial charge < -0.3 is 118 Å². The van der Waals surface area contributed by atoms with Gasteiger partial charge in [0.15, 0.2) is 18.9 Å². The van der Waals surface area contributed by atoms with Crippen LogP contribution in [-0.2, 0) is 107 Å². The largest absolute Gasteiger partial charge is 0.472 e. The van der Waals surface area contributed by atoms with E-state index in [2.05, 4.69) is 5.32 Å². The van der Waals surface area contributed by atoms with Crippen LogP contribution >= 0.6 is 31.3 Å². The number of amides is 1. The number of phosphoric acid groups is 4. The zero-order valence-corrected chi connectivity index (χ0v) is 62.9. The van der Waals surface area contributed by atoms with Gasteiger partial charge in [0.1, 0.15) is 48.8 Å². The number of nitrogens with one attached hydrogen (secondary N) is 1. The number of ether oxygens (including phenoxy) is 10. The molecule has 4 heterocycles. The number of aliphatic hydroxyl groups is 9. The van der Waals surface area contributed by atoms with E-state index >= 15 is 0 Å². The van der Waals surface area contributed by atoms with Crippen molar-refractivity contribution in [3.8, 4) is 0 Å². The van der Waals surface area contributed by atoms with Gasteiger partial charge in [-0.3, -0.25) is 41.0 Å². The molecule has 0 aromatic rings. The predicted octanol–water partition coefficient (Wildman–Crippen LogP) is 2.37. The van der Waals surface area contributed by atoms with Crippen LogP contribution in [0, 0.1) is 23.2 Å². The third kappa shape index (κ3) is 35.9. The predicted molar refractivity (Wildman–Crippen MR) is 356 cm³/mol. The van der Waals surface area contributed by atoms with Crippen LogP contribution in [0.25, 0.3) is 0 Å². The van der Waals surface area contributed by atoms with Crippen molar-refractivity contribution >= 4 is 37.2 Å². The second-order valence-corrected chi connectivity index (χ2v) is 32.1. The van der Waals surface area contributed by atoms with E-state index in [0.717, 1.165) is 0 Å². The quantitative estimate of drug-likeness (QED) is 0.0307. The molecule has 604 valence electrons. The number of carbonyl (C=O) groups excluding carboxylic acids is 1. The molecule has 0 saturated carbocycles. The topological polar surface area (TPSA) is 527 Å².